The molecule has 0 fully saturated rings. The molecule has 0 atom stereocenters. The van der Waals surface area contributed by atoms with Crippen LogP contribution in [0.5, 0.6) is 0 Å². The molecule has 1 aliphatic rings. The second-order valence-electron chi connectivity index (χ2n) is 4.82. The lowest BCUT2D eigenvalue weighted by atomic mass is 9.95. The fraction of sp³-hybridized carbons (Fsp3) is 0.200. The van der Waals surface area contributed by atoms with Crippen molar-refractivity contribution in [1.29, 1.82) is 0 Å². The zero-order valence-electron chi connectivity index (χ0n) is 10.5. The summed E-state index contributed by atoms with van der Waals surface area (Å²) < 4.78 is 2.05. The van der Waals surface area contributed by atoms with Gasteiger partial charge in [0.05, 0.1) is 0 Å². The van der Waals surface area contributed by atoms with E-state index in [1.165, 1.54) is 16.7 Å². The van der Waals surface area contributed by atoms with Crippen LogP contribution in [0.1, 0.15) is 11.1 Å². The number of aromatic nitrogens is 3. The minimum Gasteiger partial charge on any atom is -0.312 e. The molecule has 0 bridgehead atoms. The van der Waals surface area contributed by atoms with Gasteiger partial charge < -0.3 is 5.32 Å². The SMILES string of the molecule is c1cc2c(c(-c3nnc4ccccn34)c1)CCNC2. The van der Waals surface area contributed by atoms with Crippen LogP contribution in [0, 0.1) is 0 Å². The van der Waals surface area contributed by atoms with Crippen molar-refractivity contribution in [2.45, 2.75) is 13.0 Å². The lowest BCUT2D eigenvalue weighted by molar-refractivity contribution is 0.644. The maximum absolute atomic E-state index is 4.37. The lowest BCUT2D eigenvalue weighted by Crippen LogP contribution is -2.24. The largest absolute Gasteiger partial charge is 0.312 e. The van der Waals surface area contributed by atoms with Gasteiger partial charge in [-0.2, -0.15) is 0 Å². The molecule has 1 aromatic carbocycles. The summed E-state index contributed by atoms with van der Waals surface area (Å²) in [5.41, 5.74) is 4.87. The van der Waals surface area contributed by atoms with Gasteiger partial charge >= 0.3 is 0 Å². The molecule has 19 heavy (non-hydrogen) atoms. The molecule has 0 amide bonds. The summed E-state index contributed by atoms with van der Waals surface area (Å²) in [5.74, 6) is 0.939. The number of pyridine rings is 1. The summed E-state index contributed by atoms with van der Waals surface area (Å²) in [7, 11) is 0. The maximum Gasteiger partial charge on any atom is 0.168 e. The van der Waals surface area contributed by atoms with Crippen molar-refractivity contribution in [1.82, 2.24) is 19.9 Å². The molecule has 0 unspecified atom stereocenters. The first-order valence-electron chi connectivity index (χ1n) is 6.55. The first kappa shape index (κ1) is 10.7. The molecular weight excluding hydrogens is 236 g/mol. The van der Waals surface area contributed by atoms with Gasteiger partial charge in [-0.05, 0) is 36.2 Å². The predicted octanol–water partition coefficient (Wildman–Crippen LogP) is 2.04. The number of rotatable bonds is 1. The van der Waals surface area contributed by atoms with Crippen molar-refractivity contribution in [3.05, 3.63) is 53.7 Å². The Morgan fingerprint density at radius 2 is 2.05 bits per heavy atom. The molecular formula is C15H14N4. The highest BCUT2D eigenvalue weighted by Crippen LogP contribution is 2.27. The smallest absolute Gasteiger partial charge is 0.168 e. The number of nitrogens with one attached hydrogen (secondary N) is 1. The predicted molar refractivity (Wildman–Crippen MR) is 73.8 cm³/mol. The zero-order chi connectivity index (χ0) is 12.7. The normalized spacial score (nSPS) is 14.5. The van der Waals surface area contributed by atoms with Gasteiger partial charge in [-0.3, -0.25) is 4.40 Å². The van der Waals surface area contributed by atoms with Crippen molar-refractivity contribution in [3.63, 3.8) is 0 Å². The molecule has 1 aliphatic heterocycles. The van der Waals surface area contributed by atoms with Crippen LogP contribution >= 0.6 is 0 Å². The van der Waals surface area contributed by atoms with Crippen LogP contribution in [-0.4, -0.2) is 21.1 Å². The Hall–Kier alpha value is -2.20. The monoisotopic (exact) mass is 250 g/mol. The average Bonchev–Trinajstić information content (AvgIpc) is 2.90. The van der Waals surface area contributed by atoms with E-state index in [1.807, 2.05) is 24.4 Å². The first-order chi connectivity index (χ1) is 9.43. The Kier molecular flexibility index (Phi) is 2.35. The molecule has 4 heteroatoms. The average molecular weight is 250 g/mol. The van der Waals surface area contributed by atoms with E-state index in [9.17, 15) is 0 Å². The fourth-order valence-corrected chi connectivity index (χ4v) is 2.77. The van der Waals surface area contributed by atoms with Gasteiger partial charge in [0, 0.05) is 18.3 Å². The Balaban J connectivity index is 1.97. The van der Waals surface area contributed by atoms with Crippen LogP contribution < -0.4 is 5.32 Å². The van der Waals surface area contributed by atoms with E-state index in [2.05, 4.69) is 38.1 Å². The number of benzene rings is 1. The number of nitrogens with zero attached hydrogens (tertiary/aromatic N) is 3. The third kappa shape index (κ3) is 1.64. The standard InChI is InChI=1S/C15H14N4/c1-2-9-19-14(6-1)17-18-15(19)13-5-3-4-11-10-16-8-7-12(11)13/h1-6,9,16H,7-8,10H2. The summed E-state index contributed by atoms with van der Waals surface area (Å²) in [6.45, 7) is 1.97. The first-order valence-corrected chi connectivity index (χ1v) is 6.55. The highest BCUT2D eigenvalue weighted by atomic mass is 15.2. The van der Waals surface area contributed by atoms with Crippen LogP contribution in [0.25, 0.3) is 17.0 Å². The summed E-state index contributed by atoms with van der Waals surface area (Å²) >= 11 is 0. The molecule has 0 radical (unpaired) electrons. The molecule has 4 rings (SSSR count). The van der Waals surface area contributed by atoms with Gasteiger partial charge in [-0.25, -0.2) is 0 Å². The van der Waals surface area contributed by atoms with E-state index in [1.54, 1.807) is 0 Å². The van der Waals surface area contributed by atoms with Crippen LogP contribution in [0.2, 0.25) is 0 Å². The van der Waals surface area contributed by atoms with E-state index >= 15 is 0 Å². The molecule has 1 N–H and O–H groups in total. The molecule has 0 saturated carbocycles. The van der Waals surface area contributed by atoms with Crippen LogP contribution in [-0.2, 0) is 13.0 Å². The minimum atomic E-state index is 0.893. The number of hydrogen-bond donors (Lipinski definition) is 1. The van der Waals surface area contributed by atoms with E-state index in [-0.39, 0.29) is 0 Å². The summed E-state index contributed by atoms with van der Waals surface area (Å²) in [5, 5.41) is 12.0. The second kappa shape index (κ2) is 4.17. The molecule has 4 nitrogen and oxygen atoms in total. The maximum atomic E-state index is 4.37. The van der Waals surface area contributed by atoms with Crippen molar-refractivity contribution in [2.75, 3.05) is 6.54 Å². The molecule has 3 aromatic rings. The Bertz CT molecular complexity index is 745. The third-order valence-electron chi connectivity index (χ3n) is 3.69. The zero-order valence-corrected chi connectivity index (χ0v) is 10.5. The van der Waals surface area contributed by atoms with Crippen molar-refractivity contribution >= 4 is 5.65 Å². The summed E-state index contributed by atoms with van der Waals surface area (Å²) in [6.07, 6.45) is 3.07. The molecule has 3 heterocycles. The lowest BCUT2D eigenvalue weighted by Gasteiger charge is -2.19. The van der Waals surface area contributed by atoms with Crippen molar-refractivity contribution in [3.8, 4) is 11.4 Å². The molecule has 0 aliphatic carbocycles. The van der Waals surface area contributed by atoms with Crippen molar-refractivity contribution in [2.24, 2.45) is 0 Å². The van der Waals surface area contributed by atoms with Gasteiger partial charge in [0.25, 0.3) is 0 Å². The highest BCUT2D eigenvalue weighted by molar-refractivity contribution is 5.65. The third-order valence-corrected chi connectivity index (χ3v) is 3.69. The molecule has 2 aromatic heterocycles. The quantitative estimate of drug-likeness (QED) is 0.718. The van der Waals surface area contributed by atoms with Crippen LogP contribution in [0.4, 0.5) is 0 Å². The Labute approximate surface area is 111 Å². The van der Waals surface area contributed by atoms with Gasteiger partial charge in [0.15, 0.2) is 11.5 Å². The topological polar surface area (TPSA) is 42.2 Å². The van der Waals surface area contributed by atoms with E-state index in [0.717, 1.165) is 31.0 Å². The number of fused-ring (bicyclic) bond motifs is 2. The Morgan fingerprint density at radius 1 is 1.05 bits per heavy atom. The highest BCUT2D eigenvalue weighted by Gasteiger charge is 2.16. The summed E-state index contributed by atoms with van der Waals surface area (Å²) in [6, 6.07) is 12.4. The van der Waals surface area contributed by atoms with E-state index < -0.39 is 0 Å². The molecule has 0 spiro atoms. The number of hydrogen-bond acceptors (Lipinski definition) is 3. The minimum absolute atomic E-state index is 0.893. The van der Waals surface area contributed by atoms with Gasteiger partial charge in [-0.1, -0.05) is 24.3 Å². The van der Waals surface area contributed by atoms with E-state index in [4.69, 9.17) is 0 Å². The summed E-state index contributed by atoms with van der Waals surface area (Å²) in [4.78, 5) is 0. The van der Waals surface area contributed by atoms with E-state index in [0.29, 0.717) is 0 Å². The van der Waals surface area contributed by atoms with Crippen LogP contribution in [0.3, 0.4) is 0 Å². The van der Waals surface area contributed by atoms with Gasteiger partial charge in [0.1, 0.15) is 0 Å². The second-order valence-corrected chi connectivity index (χ2v) is 4.82. The molecule has 94 valence electrons. The fourth-order valence-electron chi connectivity index (χ4n) is 2.77. The van der Waals surface area contributed by atoms with Gasteiger partial charge in [0.2, 0.25) is 0 Å². The van der Waals surface area contributed by atoms with Crippen LogP contribution in [0.15, 0.2) is 42.6 Å². The van der Waals surface area contributed by atoms with Crippen molar-refractivity contribution < 1.29 is 0 Å². The molecule has 0 saturated heterocycles. The Morgan fingerprint density at radius 3 is 3.05 bits per heavy atom. The van der Waals surface area contributed by atoms with Gasteiger partial charge in [-0.15, -0.1) is 10.2 Å².